The number of hydrogen-bond donors (Lipinski definition) is 0. The third kappa shape index (κ3) is 4.16. The average molecular weight is 322 g/mol. The molecule has 1 aromatic heterocycles. The molecule has 21 heavy (non-hydrogen) atoms. The number of carbonyl (C=O) groups excluding carboxylic acids is 1. The summed E-state index contributed by atoms with van der Waals surface area (Å²) in [6.07, 6.45) is 0. The van der Waals surface area contributed by atoms with Crippen LogP contribution in [0.15, 0.2) is 41.8 Å². The minimum absolute atomic E-state index is 0.114. The molecule has 1 heterocycles. The maximum atomic E-state index is 12.7. The summed E-state index contributed by atoms with van der Waals surface area (Å²) in [5, 5.41) is 2.67. The zero-order valence-electron chi connectivity index (χ0n) is 12.5. The third-order valence-corrected chi connectivity index (χ3v) is 4.66. The summed E-state index contributed by atoms with van der Waals surface area (Å²) in [6.45, 7) is 7.00. The van der Waals surface area contributed by atoms with E-state index in [0.29, 0.717) is 16.6 Å². The van der Waals surface area contributed by atoms with Gasteiger partial charge in [0.1, 0.15) is 0 Å². The number of nitrogens with zero attached hydrogens (tertiary/aromatic N) is 1. The van der Waals surface area contributed by atoms with E-state index in [0.717, 1.165) is 6.54 Å². The average Bonchev–Trinajstić information content (AvgIpc) is 2.96. The van der Waals surface area contributed by atoms with Gasteiger partial charge in [0.2, 0.25) is 0 Å². The molecule has 1 unspecified atom stereocenters. The Labute approximate surface area is 135 Å². The van der Waals surface area contributed by atoms with Gasteiger partial charge in [-0.2, -0.15) is 0 Å². The second-order valence-corrected chi connectivity index (χ2v) is 6.86. The number of benzene rings is 1. The first-order valence-electron chi connectivity index (χ1n) is 7.07. The van der Waals surface area contributed by atoms with E-state index in [2.05, 4.69) is 30.2 Å². The highest BCUT2D eigenvalue weighted by atomic mass is 35.5. The van der Waals surface area contributed by atoms with Crippen molar-refractivity contribution in [3.8, 4) is 0 Å². The van der Waals surface area contributed by atoms with Crippen LogP contribution in [0.25, 0.3) is 0 Å². The highest BCUT2D eigenvalue weighted by molar-refractivity contribution is 7.09. The fourth-order valence-electron chi connectivity index (χ4n) is 2.38. The molecule has 0 radical (unpaired) electrons. The van der Waals surface area contributed by atoms with Gasteiger partial charge in [-0.15, -0.1) is 11.3 Å². The Morgan fingerprint density at radius 3 is 2.57 bits per heavy atom. The van der Waals surface area contributed by atoms with E-state index in [4.69, 9.17) is 11.6 Å². The van der Waals surface area contributed by atoms with Gasteiger partial charge in [-0.05, 0) is 44.4 Å². The molecule has 0 amide bonds. The van der Waals surface area contributed by atoms with Crippen LogP contribution in [0, 0.1) is 0 Å². The Hall–Kier alpha value is -1.16. The summed E-state index contributed by atoms with van der Waals surface area (Å²) in [7, 11) is 0. The number of thiophene rings is 1. The SMILES string of the molecule is CC(C)N(Cc1cccs1)C(C)C(=O)c1cccc(Cl)c1. The van der Waals surface area contributed by atoms with Gasteiger partial charge in [-0.3, -0.25) is 9.69 Å². The van der Waals surface area contributed by atoms with E-state index >= 15 is 0 Å². The molecular weight excluding hydrogens is 302 g/mol. The summed E-state index contributed by atoms with van der Waals surface area (Å²) >= 11 is 7.71. The minimum Gasteiger partial charge on any atom is -0.292 e. The Bertz CT molecular complexity index is 595. The summed E-state index contributed by atoms with van der Waals surface area (Å²) in [6, 6.07) is 11.4. The molecule has 0 spiro atoms. The lowest BCUT2D eigenvalue weighted by Gasteiger charge is -2.31. The van der Waals surface area contributed by atoms with Gasteiger partial charge >= 0.3 is 0 Å². The fraction of sp³-hybridized carbons (Fsp3) is 0.353. The first-order valence-corrected chi connectivity index (χ1v) is 8.32. The fourth-order valence-corrected chi connectivity index (χ4v) is 3.29. The summed E-state index contributed by atoms with van der Waals surface area (Å²) in [5.74, 6) is 0.114. The number of halogens is 1. The lowest BCUT2D eigenvalue weighted by molar-refractivity contribution is 0.0775. The maximum Gasteiger partial charge on any atom is 0.179 e. The van der Waals surface area contributed by atoms with Gasteiger partial charge in [-0.1, -0.05) is 29.8 Å². The molecule has 2 aromatic rings. The Morgan fingerprint density at radius 2 is 2.00 bits per heavy atom. The van der Waals surface area contributed by atoms with Crippen molar-refractivity contribution in [2.24, 2.45) is 0 Å². The van der Waals surface area contributed by atoms with E-state index in [1.807, 2.05) is 25.1 Å². The van der Waals surface area contributed by atoms with Crippen molar-refractivity contribution in [3.63, 3.8) is 0 Å². The van der Waals surface area contributed by atoms with Gasteiger partial charge in [0.15, 0.2) is 5.78 Å². The maximum absolute atomic E-state index is 12.7. The van der Waals surface area contributed by atoms with Crippen molar-refractivity contribution < 1.29 is 4.79 Å². The Morgan fingerprint density at radius 1 is 1.24 bits per heavy atom. The van der Waals surface area contributed by atoms with Crippen LogP contribution in [0.2, 0.25) is 5.02 Å². The van der Waals surface area contributed by atoms with Crippen LogP contribution in [0.4, 0.5) is 0 Å². The van der Waals surface area contributed by atoms with Crippen LogP contribution >= 0.6 is 22.9 Å². The summed E-state index contributed by atoms with van der Waals surface area (Å²) < 4.78 is 0. The first kappa shape index (κ1) is 16.2. The molecule has 4 heteroatoms. The monoisotopic (exact) mass is 321 g/mol. The summed E-state index contributed by atoms with van der Waals surface area (Å²) in [4.78, 5) is 16.2. The van der Waals surface area contributed by atoms with Gasteiger partial charge in [0, 0.05) is 28.0 Å². The van der Waals surface area contributed by atoms with Crippen LogP contribution in [0.5, 0.6) is 0 Å². The lowest BCUT2D eigenvalue weighted by Crippen LogP contribution is -2.42. The Balaban J connectivity index is 2.18. The largest absolute Gasteiger partial charge is 0.292 e. The standard InChI is InChI=1S/C17H20ClNOS/c1-12(2)19(11-16-8-5-9-21-16)13(3)17(20)14-6-4-7-15(18)10-14/h4-10,12-13H,11H2,1-3H3. The van der Waals surface area contributed by atoms with Gasteiger partial charge in [0.05, 0.1) is 6.04 Å². The van der Waals surface area contributed by atoms with Crippen molar-refractivity contribution in [1.29, 1.82) is 0 Å². The molecule has 2 nitrogen and oxygen atoms in total. The van der Waals surface area contributed by atoms with Crippen LogP contribution in [0.1, 0.15) is 36.0 Å². The normalized spacial score (nSPS) is 12.9. The highest BCUT2D eigenvalue weighted by Crippen LogP contribution is 2.20. The van der Waals surface area contributed by atoms with Crippen LogP contribution in [-0.4, -0.2) is 22.8 Å². The topological polar surface area (TPSA) is 20.3 Å². The molecule has 0 aliphatic heterocycles. The molecule has 0 fully saturated rings. The van der Waals surface area contributed by atoms with Gasteiger partial charge in [0.25, 0.3) is 0 Å². The molecule has 0 aliphatic rings. The Kier molecular flexibility index (Phi) is 5.57. The molecule has 0 N–H and O–H groups in total. The molecule has 0 saturated heterocycles. The van der Waals surface area contributed by atoms with Crippen molar-refractivity contribution >= 4 is 28.7 Å². The number of carbonyl (C=O) groups is 1. The van der Waals surface area contributed by atoms with E-state index in [1.165, 1.54) is 4.88 Å². The third-order valence-electron chi connectivity index (χ3n) is 3.57. The van der Waals surface area contributed by atoms with Crippen molar-refractivity contribution in [3.05, 3.63) is 57.2 Å². The molecule has 1 atom stereocenters. The van der Waals surface area contributed by atoms with Crippen molar-refractivity contribution in [2.45, 2.75) is 39.4 Å². The number of hydrogen-bond acceptors (Lipinski definition) is 3. The molecular formula is C17H20ClNOS. The molecule has 0 saturated carbocycles. The first-order chi connectivity index (χ1) is 9.99. The predicted molar refractivity (Wildman–Crippen MR) is 90.2 cm³/mol. The smallest absolute Gasteiger partial charge is 0.179 e. The minimum atomic E-state index is -0.175. The second kappa shape index (κ2) is 7.21. The zero-order chi connectivity index (χ0) is 15.4. The number of rotatable bonds is 6. The predicted octanol–water partition coefficient (Wildman–Crippen LogP) is 4.88. The van der Waals surface area contributed by atoms with Crippen molar-refractivity contribution in [2.75, 3.05) is 0 Å². The quantitative estimate of drug-likeness (QED) is 0.706. The van der Waals surface area contributed by atoms with E-state index in [1.54, 1.807) is 23.5 Å². The molecule has 2 rings (SSSR count). The van der Waals surface area contributed by atoms with E-state index < -0.39 is 0 Å². The van der Waals surface area contributed by atoms with Crippen LogP contribution in [0.3, 0.4) is 0 Å². The van der Waals surface area contributed by atoms with E-state index in [-0.39, 0.29) is 11.8 Å². The van der Waals surface area contributed by atoms with Crippen LogP contribution in [-0.2, 0) is 6.54 Å². The second-order valence-electron chi connectivity index (χ2n) is 5.40. The zero-order valence-corrected chi connectivity index (χ0v) is 14.1. The van der Waals surface area contributed by atoms with Crippen molar-refractivity contribution in [1.82, 2.24) is 4.90 Å². The van der Waals surface area contributed by atoms with E-state index in [9.17, 15) is 4.79 Å². The van der Waals surface area contributed by atoms with Crippen LogP contribution < -0.4 is 0 Å². The van der Waals surface area contributed by atoms with Gasteiger partial charge < -0.3 is 0 Å². The number of ketones is 1. The highest BCUT2D eigenvalue weighted by Gasteiger charge is 2.25. The molecule has 1 aromatic carbocycles. The van der Waals surface area contributed by atoms with Gasteiger partial charge in [-0.25, -0.2) is 0 Å². The number of Topliss-reactive ketones (excluding diaryl/α,β-unsaturated/α-hetero) is 1. The molecule has 0 aliphatic carbocycles. The summed E-state index contributed by atoms with van der Waals surface area (Å²) in [5.41, 5.74) is 0.673. The lowest BCUT2D eigenvalue weighted by atomic mass is 10.0. The molecule has 112 valence electrons. The molecule has 0 bridgehead atoms.